The molecule has 0 aromatic heterocycles. The highest BCUT2D eigenvalue weighted by molar-refractivity contribution is 9.10. The minimum absolute atomic E-state index is 0.304. The van der Waals surface area contributed by atoms with E-state index in [4.69, 9.17) is 9.47 Å². The Bertz CT molecular complexity index is 587. The first-order valence-corrected chi connectivity index (χ1v) is 7.45. The first kappa shape index (κ1) is 13.5. The van der Waals surface area contributed by atoms with Crippen LogP contribution in [0.2, 0.25) is 0 Å². The van der Waals surface area contributed by atoms with Crippen molar-refractivity contribution in [1.29, 1.82) is 0 Å². The summed E-state index contributed by atoms with van der Waals surface area (Å²) in [4.78, 5) is 0. The zero-order valence-corrected chi connectivity index (χ0v) is 12.7. The average Bonchev–Trinajstić information content (AvgIpc) is 2.94. The Kier molecular flexibility index (Phi) is 4.23. The fourth-order valence-corrected chi connectivity index (χ4v) is 2.84. The van der Waals surface area contributed by atoms with Gasteiger partial charge in [-0.25, -0.2) is 0 Å². The van der Waals surface area contributed by atoms with Crippen LogP contribution < -0.4 is 14.8 Å². The second kappa shape index (κ2) is 6.29. The lowest BCUT2D eigenvalue weighted by atomic mass is 10.1. The van der Waals surface area contributed by atoms with Gasteiger partial charge >= 0.3 is 0 Å². The van der Waals surface area contributed by atoms with Gasteiger partial charge in [0.1, 0.15) is 0 Å². The molecule has 1 aliphatic heterocycles. The maximum Gasteiger partial charge on any atom is 0.231 e. The van der Waals surface area contributed by atoms with E-state index in [9.17, 15) is 0 Å². The highest BCUT2D eigenvalue weighted by Crippen LogP contribution is 2.39. The van der Waals surface area contributed by atoms with Crippen LogP contribution in [0.4, 0.5) is 0 Å². The topological polar surface area (TPSA) is 30.5 Å². The molecule has 0 radical (unpaired) electrons. The van der Waals surface area contributed by atoms with Crippen LogP contribution in [0.25, 0.3) is 0 Å². The van der Waals surface area contributed by atoms with E-state index in [0.29, 0.717) is 6.79 Å². The molecule has 2 aromatic carbocycles. The highest BCUT2D eigenvalue weighted by atomic mass is 79.9. The second-order valence-corrected chi connectivity index (χ2v) is 5.58. The lowest BCUT2D eigenvalue weighted by Gasteiger charge is -2.07. The quantitative estimate of drug-likeness (QED) is 0.849. The van der Waals surface area contributed by atoms with Gasteiger partial charge in [-0.05, 0) is 52.2 Å². The van der Waals surface area contributed by atoms with Gasteiger partial charge in [0.05, 0.1) is 4.47 Å². The van der Waals surface area contributed by atoms with E-state index in [1.807, 2.05) is 12.1 Å². The molecule has 0 bridgehead atoms. The van der Waals surface area contributed by atoms with E-state index in [1.165, 1.54) is 11.1 Å². The van der Waals surface area contributed by atoms with Gasteiger partial charge < -0.3 is 14.8 Å². The van der Waals surface area contributed by atoms with Crippen molar-refractivity contribution in [2.75, 3.05) is 13.3 Å². The lowest BCUT2D eigenvalue weighted by molar-refractivity contribution is 0.173. The monoisotopic (exact) mass is 333 g/mol. The lowest BCUT2D eigenvalue weighted by Crippen LogP contribution is -2.16. The summed E-state index contributed by atoms with van der Waals surface area (Å²) in [6.07, 6.45) is 1.03. The van der Waals surface area contributed by atoms with Crippen LogP contribution in [0.15, 0.2) is 46.9 Å². The Morgan fingerprint density at radius 3 is 2.75 bits per heavy atom. The zero-order valence-electron chi connectivity index (χ0n) is 11.1. The van der Waals surface area contributed by atoms with Gasteiger partial charge in [0, 0.05) is 6.54 Å². The van der Waals surface area contributed by atoms with Gasteiger partial charge in [0.15, 0.2) is 11.5 Å². The van der Waals surface area contributed by atoms with Crippen LogP contribution in [0.5, 0.6) is 11.5 Å². The number of ether oxygens (including phenoxy) is 2. The molecule has 3 rings (SSSR count). The molecule has 0 aliphatic carbocycles. The summed E-state index contributed by atoms with van der Waals surface area (Å²) in [5.74, 6) is 1.62. The fraction of sp³-hybridized carbons (Fsp3) is 0.250. The van der Waals surface area contributed by atoms with Crippen LogP contribution in [0.1, 0.15) is 11.1 Å². The fourth-order valence-electron chi connectivity index (χ4n) is 2.23. The summed E-state index contributed by atoms with van der Waals surface area (Å²) >= 11 is 3.51. The van der Waals surface area contributed by atoms with Gasteiger partial charge in [0.2, 0.25) is 6.79 Å². The smallest absolute Gasteiger partial charge is 0.231 e. The molecule has 0 saturated carbocycles. The first-order valence-electron chi connectivity index (χ1n) is 6.65. The molecular weight excluding hydrogens is 318 g/mol. The van der Waals surface area contributed by atoms with Crippen LogP contribution in [0.3, 0.4) is 0 Å². The largest absolute Gasteiger partial charge is 0.454 e. The van der Waals surface area contributed by atoms with Crippen LogP contribution in [-0.4, -0.2) is 13.3 Å². The maximum atomic E-state index is 5.42. The average molecular weight is 334 g/mol. The Morgan fingerprint density at radius 2 is 1.90 bits per heavy atom. The third kappa shape index (κ3) is 3.14. The Labute approximate surface area is 127 Å². The van der Waals surface area contributed by atoms with E-state index < -0.39 is 0 Å². The van der Waals surface area contributed by atoms with Crippen molar-refractivity contribution in [3.8, 4) is 11.5 Å². The molecule has 3 nitrogen and oxygen atoms in total. The predicted molar refractivity (Wildman–Crippen MR) is 82.1 cm³/mol. The van der Waals surface area contributed by atoms with Crippen LogP contribution >= 0.6 is 15.9 Å². The number of fused-ring (bicyclic) bond motifs is 1. The molecule has 20 heavy (non-hydrogen) atoms. The molecule has 0 fully saturated rings. The zero-order chi connectivity index (χ0) is 13.8. The van der Waals surface area contributed by atoms with Crippen molar-refractivity contribution >= 4 is 15.9 Å². The predicted octanol–water partition coefficient (Wildman–Crippen LogP) is 3.51. The summed E-state index contributed by atoms with van der Waals surface area (Å²) in [5, 5.41) is 3.45. The molecule has 0 unspecified atom stereocenters. The number of hydrogen-bond acceptors (Lipinski definition) is 3. The summed E-state index contributed by atoms with van der Waals surface area (Å²) < 4.78 is 11.7. The van der Waals surface area contributed by atoms with E-state index in [2.05, 4.69) is 51.6 Å². The number of hydrogen-bond donors (Lipinski definition) is 1. The van der Waals surface area contributed by atoms with Crippen molar-refractivity contribution in [1.82, 2.24) is 5.32 Å². The van der Waals surface area contributed by atoms with E-state index >= 15 is 0 Å². The third-order valence-corrected chi connectivity index (χ3v) is 3.84. The number of benzene rings is 2. The van der Waals surface area contributed by atoms with Crippen molar-refractivity contribution in [3.05, 3.63) is 58.1 Å². The van der Waals surface area contributed by atoms with Gasteiger partial charge in [-0.3, -0.25) is 0 Å². The third-order valence-electron chi connectivity index (χ3n) is 3.25. The number of nitrogens with one attached hydrogen (secondary N) is 1. The maximum absolute atomic E-state index is 5.42. The summed E-state index contributed by atoms with van der Waals surface area (Å²) in [6.45, 7) is 2.08. The molecule has 0 amide bonds. The summed E-state index contributed by atoms with van der Waals surface area (Å²) in [6, 6.07) is 14.6. The summed E-state index contributed by atoms with van der Waals surface area (Å²) in [7, 11) is 0. The van der Waals surface area contributed by atoms with Gasteiger partial charge in [-0.2, -0.15) is 0 Å². The van der Waals surface area contributed by atoms with Crippen molar-refractivity contribution in [2.24, 2.45) is 0 Å². The van der Waals surface area contributed by atoms with Gasteiger partial charge in [-0.15, -0.1) is 0 Å². The standard InChI is InChI=1S/C16H16BrNO2/c17-14-8-13(9-15-16(14)20-11-19-15)10-18-7-6-12-4-2-1-3-5-12/h1-5,8-9,18H,6-7,10-11H2. The molecule has 4 heteroatoms. The normalized spacial score (nSPS) is 12.7. The number of rotatable bonds is 5. The molecule has 0 atom stereocenters. The van der Waals surface area contributed by atoms with Crippen LogP contribution in [-0.2, 0) is 13.0 Å². The van der Waals surface area contributed by atoms with Gasteiger partial charge in [-0.1, -0.05) is 30.3 Å². The Hall–Kier alpha value is -1.52. The van der Waals surface area contributed by atoms with E-state index in [-0.39, 0.29) is 0 Å². The minimum Gasteiger partial charge on any atom is -0.454 e. The Morgan fingerprint density at radius 1 is 1.05 bits per heavy atom. The highest BCUT2D eigenvalue weighted by Gasteiger charge is 2.17. The van der Waals surface area contributed by atoms with Crippen molar-refractivity contribution in [3.63, 3.8) is 0 Å². The van der Waals surface area contributed by atoms with Crippen molar-refractivity contribution < 1.29 is 9.47 Å². The SMILES string of the molecule is Brc1cc(CNCCc2ccccc2)cc2c1OCO2. The first-order chi connectivity index (χ1) is 9.83. The molecule has 104 valence electrons. The van der Waals surface area contributed by atoms with Gasteiger partial charge in [0.25, 0.3) is 0 Å². The minimum atomic E-state index is 0.304. The molecular formula is C16H16BrNO2. The molecule has 0 spiro atoms. The second-order valence-electron chi connectivity index (χ2n) is 4.72. The number of halogens is 1. The molecule has 1 aliphatic rings. The van der Waals surface area contributed by atoms with E-state index in [0.717, 1.165) is 35.5 Å². The molecule has 0 saturated heterocycles. The Balaban J connectivity index is 1.53. The van der Waals surface area contributed by atoms with Crippen LogP contribution in [0, 0.1) is 0 Å². The van der Waals surface area contributed by atoms with Crippen molar-refractivity contribution in [2.45, 2.75) is 13.0 Å². The molecule has 2 aromatic rings. The molecule has 1 heterocycles. The van der Waals surface area contributed by atoms with E-state index in [1.54, 1.807) is 0 Å². The molecule has 1 N–H and O–H groups in total. The summed E-state index contributed by atoms with van der Waals surface area (Å²) in [5.41, 5.74) is 2.54.